The number of aromatic nitrogens is 4. The molecular formula is C10H9FN4O3. The van der Waals surface area contributed by atoms with E-state index >= 15 is 0 Å². The predicted molar refractivity (Wildman–Crippen MR) is 56.5 cm³/mol. The lowest BCUT2D eigenvalue weighted by Crippen LogP contribution is -2.02. The lowest BCUT2D eigenvalue weighted by atomic mass is 10.2. The second kappa shape index (κ2) is 4.78. The lowest BCUT2D eigenvalue weighted by Gasteiger charge is -2.05. The van der Waals surface area contributed by atoms with Crippen LogP contribution in [-0.2, 0) is 13.7 Å². The molecule has 0 atom stereocenters. The third-order valence-corrected chi connectivity index (χ3v) is 2.09. The maximum Gasteiger partial charge on any atom is 0.335 e. The van der Waals surface area contributed by atoms with Crippen LogP contribution in [0.1, 0.15) is 16.2 Å². The zero-order valence-electron chi connectivity index (χ0n) is 9.37. The van der Waals surface area contributed by atoms with E-state index in [9.17, 15) is 9.18 Å². The molecule has 0 spiro atoms. The number of aryl methyl sites for hydroxylation is 1. The monoisotopic (exact) mass is 252 g/mol. The van der Waals surface area contributed by atoms with Gasteiger partial charge in [-0.1, -0.05) is 0 Å². The molecule has 0 aliphatic carbocycles. The molecule has 0 saturated heterocycles. The van der Waals surface area contributed by atoms with Crippen LogP contribution in [0.3, 0.4) is 0 Å². The van der Waals surface area contributed by atoms with Gasteiger partial charge in [0.25, 0.3) is 0 Å². The molecule has 0 fully saturated rings. The normalized spacial score (nSPS) is 10.3. The number of carboxylic acids is 1. The van der Waals surface area contributed by atoms with Crippen molar-refractivity contribution in [1.29, 1.82) is 0 Å². The lowest BCUT2D eigenvalue weighted by molar-refractivity contribution is 0.0696. The van der Waals surface area contributed by atoms with Crippen LogP contribution in [0.25, 0.3) is 0 Å². The molecule has 7 nitrogen and oxygen atoms in total. The molecule has 0 unspecified atom stereocenters. The summed E-state index contributed by atoms with van der Waals surface area (Å²) >= 11 is 0. The minimum absolute atomic E-state index is 0.0445. The van der Waals surface area contributed by atoms with Gasteiger partial charge in [0.2, 0.25) is 5.82 Å². The second-order valence-corrected chi connectivity index (χ2v) is 3.43. The summed E-state index contributed by atoms with van der Waals surface area (Å²) in [6, 6.07) is 3.39. The summed E-state index contributed by atoms with van der Waals surface area (Å²) in [5.74, 6) is -1.71. The molecule has 0 amide bonds. The molecule has 1 aromatic carbocycles. The fourth-order valence-corrected chi connectivity index (χ4v) is 1.27. The summed E-state index contributed by atoms with van der Waals surface area (Å²) in [5.41, 5.74) is -0.141. The van der Waals surface area contributed by atoms with Crippen molar-refractivity contribution in [2.45, 2.75) is 6.61 Å². The molecule has 0 saturated carbocycles. The summed E-state index contributed by atoms with van der Waals surface area (Å²) in [5, 5.41) is 19.8. The number of hydrogen-bond acceptors (Lipinski definition) is 5. The Bertz CT molecular complexity index is 584. The van der Waals surface area contributed by atoms with E-state index in [-0.39, 0.29) is 17.9 Å². The minimum atomic E-state index is -1.20. The number of aromatic carboxylic acids is 1. The molecule has 94 valence electrons. The van der Waals surface area contributed by atoms with Gasteiger partial charge >= 0.3 is 5.97 Å². The fourth-order valence-electron chi connectivity index (χ4n) is 1.27. The highest BCUT2D eigenvalue weighted by molar-refractivity contribution is 5.87. The van der Waals surface area contributed by atoms with E-state index in [1.807, 2.05) is 0 Å². The number of ether oxygens (including phenoxy) is 1. The van der Waals surface area contributed by atoms with Gasteiger partial charge in [-0.05, 0) is 23.4 Å². The Balaban J connectivity index is 2.08. The van der Waals surface area contributed by atoms with Crippen LogP contribution in [0.4, 0.5) is 4.39 Å². The number of rotatable bonds is 4. The van der Waals surface area contributed by atoms with E-state index < -0.39 is 11.8 Å². The SMILES string of the molecule is Cn1nnc(COc2ccc(C(=O)O)cc2F)n1. The molecule has 1 heterocycles. The topological polar surface area (TPSA) is 90.1 Å². The molecular weight excluding hydrogens is 243 g/mol. The third-order valence-electron chi connectivity index (χ3n) is 2.09. The van der Waals surface area contributed by atoms with E-state index in [4.69, 9.17) is 9.84 Å². The number of hydrogen-bond donors (Lipinski definition) is 1. The van der Waals surface area contributed by atoms with Gasteiger partial charge in [-0.15, -0.1) is 10.2 Å². The summed E-state index contributed by atoms with van der Waals surface area (Å²) in [7, 11) is 1.60. The number of halogens is 1. The standard InChI is InChI=1S/C10H9FN4O3/c1-15-13-9(12-14-15)5-18-8-3-2-6(10(16)17)4-7(8)11/h2-4H,5H2,1H3,(H,16,17). The fraction of sp³-hybridized carbons (Fsp3) is 0.200. The first-order valence-corrected chi connectivity index (χ1v) is 4.95. The van der Waals surface area contributed by atoms with Crippen molar-refractivity contribution in [1.82, 2.24) is 20.2 Å². The highest BCUT2D eigenvalue weighted by Gasteiger charge is 2.10. The van der Waals surface area contributed by atoms with Crippen molar-refractivity contribution in [3.8, 4) is 5.75 Å². The van der Waals surface area contributed by atoms with Gasteiger partial charge < -0.3 is 9.84 Å². The van der Waals surface area contributed by atoms with E-state index in [1.54, 1.807) is 7.05 Å². The Kier molecular flexibility index (Phi) is 3.18. The number of tetrazole rings is 1. The van der Waals surface area contributed by atoms with Crippen LogP contribution in [-0.4, -0.2) is 31.3 Å². The van der Waals surface area contributed by atoms with Gasteiger partial charge in [-0.2, -0.15) is 4.80 Å². The smallest absolute Gasteiger partial charge is 0.335 e. The van der Waals surface area contributed by atoms with E-state index in [2.05, 4.69) is 15.4 Å². The Morgan fingerprint density at radius 2 is 2.33 bits per heavy atom. The molecule has 18 heavy (non-hydrogen) atoms. The second-order valence-electron chi connectivity index (χ2n) is 3.43. The van der Waals surface area contributed by atoms with Crippen molar-refractivity contribution < 1.29 is 19.0 Å². The third kappa shape index (κ3) is 2.59. The molecule has 0 aliphatic heterocycles. The molecule has 1 N–H and O–H groups in total. The van der Waals surface area contributed by atoms with Gasteiger partial charge in [0, 0.05) is 0 Å². The summed E-state index contributed by atoms with van der Waals surface area (Å²) in [4.78, 5) is 11.9. The highest BCUT2D eigenvalue weighted by atomic mass is 19.1. The van der Waals surface area contributed by atoms with E-state index in [0.29, 0.717) is 5.82 Å². The molecule has 8 heteroatoms. The average molecular weight is 252 g/mol. The zero-order chi connectivity index (χ0) is 13.1. The van der Waals surface area contributed by atoms with Crippen LogP contribution < -0.4 is 4.74 Å². The van der Waals surface area contributed by atoms with Crippen molar-refractivity contribution in [3.63, 3.8) is 0 Å². The summed E-state index contributed by atoms with van der Waals surface area (Å²) in [6.45, 7) is -0.0445. The van der Waals surface area contributed by atoms with Gasteiger partial charge in [-0.25, -0.2) is 9.18 Å². The quantitative estimate of drug-likeness (QED) is 0.858. The van der Waals surface area contributed by atoms with Crippen LogP contribution in [0.2, 0.25) is 0 Å². The maximum atomic E-state index is 13.5. The number of nitrogens with zero attached hydrogens (tertiary/aromatic N) is 4. The number of carbonyl (C=O) groups is 1. The Labute approximate surface area is 101 Å². The van der Waals surface area contributed by atoms with Crippen LogP contribution in [0.5, 0.6) is 5.75 Å². The van der Waals surface area contributed by atoms with Crippen molar-refractivity contribution in [3.05, 3.63) is 35.4 Å². The number of benzene rings is 1. The first-order valence-electron chi connectivity index (χ1n) is 4.95. The number of carboxylic acid groups (broad SMARTS) is 1. The minimum Gasteiger partial charge on any atom is -0.482 e. The van der Waals surface area contributed by atoms with Gasteiger partial charge in [-0.3, -0.25) is 0 Å². The molecule has 2 rings (SSSR count). The average Bonchev–Trinajstić information content (AvgIpc) is 2.73. The first-order chi connectivity index (χ1) is 8.56. The highest BCUT2D eigenvalue weighted by Crippen LogP contribution is 2.19. The largest absolute Gasteiger partial charge is 0.482 e. The van der Waals surface area contributed by atoms with Crippen molar-refractivity contribution in [2.24, 2.45) is 7.05 Å². The predicted octanol–water partition coefficient (Wildman–Crippen LogP) is 0.626. The van der Waals surface area contributed by atoms with Gasteiger partial charge in [0.15, 0.2) is 18.2 Å². The Hall–Kier alpha value is -2.51. The molecule has 0 bridgehead atoms. The van der Waals surface area contributed by atoms with Crippen molar-refractivity contribution in [2.75, 3.05) is 0 Å². The molecule has 2 aromatic rings. The zero-order valence-corrected chi connectivity index (χ0v) is 9.37. The summed E-state index contributed by atoms with van der Waals surface area (Å²) < 4.78 is 18.6. The van der Waals surface area contributed by atoms with Crippen LogP contribution in [0, 0.1) is 5.82 Å². The van der Waals surface area contributed by atoms with Crippen LogP contribution in [0.15, 0.2) is 18.2 Å². The van der Waals surface area contributed by atoms with Gasteiger partial charge in [0.1, 0.15) is 0 Å². The maximum absolute atomic E-state index is 13.5. The molecule has 1 aromatic heterocycles. The summed E-state index contributed by atoms with van der Waals surface area (Å²) in [6.07, 6.45) is 0. The van der Waals surface area contributed by atoms with E-state index in [0.717, 1.165) is 6.07 Å². The molecule has 0 aliphatic rings. The van der Waals surface area contributed by atoms with E-state index in [1.165, 1.54) is 16.9 Å². The Morgan fingerprint density at radius 3 is 2.89 bits per heavy atom. The first kappa shape index (κ1) is 12.0. The Morgan fingerprint density at radius 1 is 1.56 bits per heavy atom. The van der Waals surface area contributed by atoms with Gasteiger partial charge in [0.05, 0.1) is 12.6 Å². The molecule has 0 radical (unpaired) electrons. The van der Waals surface area contributed by atoms with Crippen LogP contribution >= 0.6 is 0 Å². The van der Waals surface area contributed by atoms with Crippen molar-refractivity contribution >= 4 is 5.97 Å².